The number of hydrogen-bond acceptors (Lipinski definition) is 4. The van der Waals surface area contributed by atoms with Crippen molar-refractivity contribution in [2.75, 3.05) is 40.9 Å². The fourth-order valence-corrected chi connectivity index (χ4v) is 2.61. The van der Waals surface area contributed by atoms with Crippen molar-refractivity contribution in [1.82, 2.24) is 15.5 Å². The maximum Gasteiger partial charge on any atom is 0.314 e. The van der Waals surface area contributed by atoms with Gasteiger partial charge in [0.1, 0.15) is 0 Å². The summed E-state index contributed by atoms with van der Waals surface area (Å²) in [5, 5.41) is 7.77. The second-order valence-electron chi connectivity index (χ2n) is 4.48. The lowest BCUT2D eigenvalue weighted by molar-refractivity contribution is 0.193. The van der Waals surface area contributed by atoms with Gasteiger partial charge in [0.05, 0.1) is 6.04 Å². The van der Waals surface area contributed by atoms with Gasteiger partial charge in [-0.1, -0.05) is 6.07 Å². The molecule has 1 heterocycles. The SMILES string of the molecule is COCCCNC(=O)NCC(c1cccs1)N(C)C. The highest BCUT2D eigenvalue weighted by molar-refractivity contribution is 7.10. The summed E-state index contributed by atoms with van der Waals surface area (Å²) in [6.45, 7) is 1.89. The first-order chi connectivity index (χ1) is 9.15. The maximum absolute atomic E-state index is 11.6. The van der Waals surface area contributed by atoms with E-state index < -0.39 is 0 Å². The number of ether oxygens (including phenoxy) is 1. The minimum absolute atomic E-state index is 0.125. The Labute approximate surface area is 118 Å². The second kappa shape index (κ2) is 8.90. The van der Waals surface area contributed by atoms with Gasteiger partial charge in [-0.2, -0.15) is 0 Å². The first-order valence-electron chi connectivity index (χ1n) is 6.35. The Bertz CT molecular complexity index is 355. The summed E-state index contributed by atoms with van der Waals surface area (Å²) in [4.78, 5) is 15.0. The average Bonchev–Trinajstić information content (AvgIpc) is 2.88. The number of carbonyl (C=O) groups is 1. The lowest BCUT2D eigenvalue weighted by atomic mass is 10.2. The monoisotopic (exact) mass is 285 g/mol. The third-order valence-electron chi connectivity index (χ3n) is 2.76. The first-order valence-corrected chi connectivity index (χ1v) is 7.23. The van der Waals surface area contributed by atoms with E-state index in [9.17, 15) is 4.79 Å². The number of likely N-dealkylation sites (N-methyl/N-ethyl adjacent to an activating group) is 1. The fourth-order valence-electron chi connectivity index (χ4n) is 1.69. The molecule has 1 rings (SSSR count). The zero-order valence-corrected chi connectivity index (χ0v) is 12.6. The number of urea groups is 1. The van der Waals surface area contributed by atoms with Crippen molar-refractivity contribution in [3.05, 3.63) is 22.4 Å². The lowest BCUT2D eigenvalue weighted by Gasteiger charge is -2.23. The fraction of sp³-hybridized carbons (Fsp3) is 0.615. The van der Waals surface area contributed by atoms with Crippen LogP contribution < -0.4 is 10.6 Å². The quantitative estimate of drug-likeness (QED) is 0.715. The van der Waals surface area contributed by atoms with Crippen molar-refractivity contribution in [2.45, 2.75) is 12.5 Å². The molecule has 0 aliphatic carbocycles. The van der Waals surface area contributed by atoms with Crippen molar-refractivity contribution in [3.63, 3.8) is 0 Å². The van der Waals surface area contributed by atoms with Crippen LogP contribution in [0.2, 0.25) is 0 Å². The zero-order chi connectivity index (χ0) is 14.1. The molecule has 0 aromatic carbocycles. The van der Waals surface area contributed by atoms with E-state index in [2.05, 4.69) is 27.0 Å². The molecule has 0 bridgehead atoms. The number of nitrogens with one attached hydrogen (secondary N) is 2. The van der Waals surface area contributed by atoms with Gasteiger partial charge in [-0.05, 0) is 32.0 Å². The molecule has 1 unspecified atom stereocenters. The van der Waals surface area contributed by atoms with Gasteiger partial charge in [0, 0.05) is 31.7 Å². The Hall–Kier alpha value is -1.11. The van der Waals surface area contributed by atoms with Gasteiger partial charge >= 0.3 is 6.03 Å². The molecular weight excluding hydrogens is 262 g/mol. The standard InChI is InChI=1S/C13H23N3O2S/c1-16(2)11(12-6-4-9-19-12)10-15-13(17)14-7-5-8-18-3/h4,6,9,11H,5,7-8,10H2,1-3H3,(H2,14,15,17). The van der Waals surface area contributed by atoms with Crippen LogP contribution in [0.1, 0.15) is 17.3 Å². The topological polar surface area (TPSA) is 53.6 Å². The number of amides is 2. The molecule has 0 aliphatic heterocycles. The molecule has 108 valence electrons. The van der Waals surface area contributed by atoms with E-state index in [0.717, 1.165) is 6.42 Å². The van der Waals surface area contributed by atoms with E-state index in [0.29, 0.717) is 19.7 Å². The Morgan fingerprint density at radius 2 is 2.26 bits per heavy atom. The largest absolute Gasteiger partial charge is 0.385 e. The molecule has 6 heteroatoms. The molecule has 2 N–H and O–H groups in total. The van der Waals surface area contributed by atoms with E-state index in [-0.39, 0.29) is 12.1 Å². The van der Waals surface area contributed by atoms with Crippen LogP contribution in [-0.4, -0.2) is 51.8 Å². The van der Waals surface area contributed by atoms with Gasteiger partial charge in [0.2, 0.25) is 0 Å². The van der Waals surface area contributed by atoms with Gasteiger partial charge in [0.15, 0.2) is 0 Å². The van der Waals surface area contributed by atoms with Crippen LogP contribution in [0.4, 0.5) is 4.79 Å². The minimum atomic E-state index is -0.125. The Kier molecular flexibility index (Phi) is 7.47. The number of nitrogens with zero attached hydrogens (tertiary/aromatic N) is 1. The highest BCUT2D eigenvalue weighted by Crippen LogP contribution is 2.22. The van der Waals surface area contributed by atoms with Crippen molar-refractivity contribution < 1.29 is 9.53 Å². The Balaban J connectivity index is 2.30. The first kappa shape index (κ1) is 15.9. The van der Waals surface area contributed by atoms with Crippen molar-refractivity contribution >= 4 is 17.4 Å². The van der Waals surface area contributed by atoms with Crippen LogP contribution in [0.15, 0.2) is 17.5 Å². The third-order valence-corrected chi connectivity index (χ3v) is 3.74. The normalized spacial score (nSPS) is 12.4. The lowest BCUT2D eigenvalue weighted by Crippen LogP contribution is -2.40. The summed E-state index contributed by atoms with van der Waals surface area (Å²) in [7, 11) is 5.69. The van der Waals surface area contributed by atoms with E-state index in [4.69, 9.17) is 4.74 Å². The molecule has 0 saturated heterocycles. The van der Waals surface area contributed by atoms with E-state index in [1.165, 1.54) is 4.88 Å². The number of methoxy groups -OCH3 is 1. The number of hydrogen-bond donors (Lipinski definition) is 2. The average molecular weight is 285 g/mol. The second-order valence-corrected chi connectivity index (χ2v) is 5.46. The molecule has 0 spiro atoms. The van der Waals surface area contributed by atoms with Gasteiger partial charge in [0.25, 0.3) is 0 Å². The number of carbonyl (C=O) groups excluding carboxylic acids is 1. The Morgan fingerprint density at radius 1 is 1.47 bits per heavy atom. The summed E-state index contributed by atoms with van der Waals surface area (Å²) < 4.78 is 4.93. The summed E-state index contributed by atoms with van der Waals surface area (Å²) in [6.07, 6.45) is 0.825. The molecule has 2 amide bonds. The molecule has 0 saturated carbocycles. The molecule has 19 heavy (non-hydrogen) atoms. The predicted octanol–water partition coefficient (Wildman–Crippen LogP) is 1.69. The number of thiophene rings is 1. The Morgan fingerprint density at radius 3 is 2.84 bits per heavy atom. The smallest absolute Gasteiger partial charge is 0.314 e. The van der Waals surface area contributed by atoms with E-state index in [1.807, 2.05) is 20.2 Å². The summed E-state index contributed by atoms with van der Waals surface area (Å²) in [6, 6.07) is 4.21. The molecule has 1 aromatic heterocycles. The van der Waals surface area contributed by atoms with Crippen LogP contribution >= 0.6 is 11.3 Å². The maximum atomic E-state index is 11.6. The number of rotatable bonds is 8. The molecular formula is C13H23N3O2S. The van der Waals surface area contributed by atoms with Gasteiger partial charge in [-0.15, -0.1) is 11.3 Å². The van der Waals surface area contributed by atoms with Crippen molar-refractivity contribution in [2.24, 2.45) is 0 Å². The molecule has 0 fully saturated rings. The van der Waals surface area contributed by atoms with Crippen LogP contribution in [0.25, 0.3) is 0 Å². The molecule has 0 aliphatic rings. The molecule has 5 nitrogen and oxygen atoms in total. The van der Waals surface area contributed by atoms with E-state index >= 15 is 0 Å². The molecule has 0 radical (unpaired) electrons. The molecule has 1 atom stereocenters. The minimum Gasteiger partial charge on any atom is -0.385 e. The highest BCUT2D eigenvalue weighted by Gasteiger charge is 2.15. The predicted molar refractivity (Wildman–Crippen MR) is 78.6 cm³/mol. The summed E-state index contributed by atoms with van der Waals surface area (Å²) in [5.74, 6) is 0. The summed E-state index contributed by atoms with van der Waals surface area (Å²) >= 11 is 1.71. The van der Waals surface area contributed by atoms with Gasteiger partial charge in [-0.3, -0.25) is 0 Å². The van der Waals surface area contributed by atoms with Crippen molar-refractivity contribution in [3.8, 4) is 0 Å². The van der Waals surface area contributed by atoms with Gasteiger partial charge < -0.3 is 20.3 Å². The summed E-state index contributed by atoms with van der Waals surface area (Å²) in [5.41, 5.74) is 0. The van der Waals surface area contributed by atoms with Crippen molar-refractivity contribution in [1.29, 1.82) is 0 Å². The van der Waals surface area contributed by atoms with Gasteiger partial charge in [-0.25, -0.2) is 4.79 Å². The highest BCUT2D eigenvalue weighted by atomic mass is 32.1. The van der Waals surface area contributed by atoms with Crippen LogP contribution in [0.5, 0.6) is 0 Å². The molecule has 1 aromatic rings. The van der Waals surface area contributed by atoms with Crippen LogP contribution in [0.3, 0.4) is 0 Å². The third kappa shape index (κ3) is 6.04. The van der Waals surface area contributed by atoms with Crippen LogP contribution in [-0.2, 0) is 4.74 Å². The zero-order valence-electron chi connectivity index (χ0n) is 11.8. The van der Waals surface area contributed by atoms with E-state index in [1.54, 1.807) is 18.4 Å². The van der Waals surface area contributed by atoms with Crippen LogP contribution in [0, 0.1) is 0 Å².